The lowest BCUT2D eigenvalue weighted by molar-refractivity contribution is -0.108. The quantitative estimate of drug-likeness (QED) is 0.792. The van der Waals surface area contributed by atoms with Crippen LogP contribution in [0.15, 0.2) is 53.4 Å². The number of hydrogen-bond acceptors (Lipinski definition) is 3. The van der Waals surface area contributed by atoms with Gasteiger partial charge in [0, 0.05) is 23.6 Å². The van der Waals surface area contributed by atoms with Crippen LogP contribution in [0.3, 0.4) is 0 Å². The molecule has 0 saturated heterocycles. The van der Waals surface area contributed by atoms with E-state index in [0.717, 1.165) is 17.4 Å². The number of carbonyl (C=O) groups is 1. The van der Waals surface area contributed by atoms with Crippen molar-refractivity contribution in [3.63, 3.8) is 0 Å². The van der Waals surface area contributed by atoms with Crippen molar-refractivity contribution >= 4 is 27.7 Å². The van der Waals surface area contributed by atoms with E-state index in [1.807, 2.05) is 18.2 Å². The second kappa shape index (κ2) is 6.41. The molecule has 0 fully saturated rings. The lowest BCUT2D eigenvalue weighted by Crippen LogP contribution is -2.03. The van der Waals surface area contributed by atoms with E-state index < -0.39 is 9.84 Å². The van der Waals surface area contributed by atoms with Crippen LogP contribution in [0.25, 0.3) is 0 Å². The molecule has 2 aromatic rings. The molecule has 0 aromatic heterocycles. The lowest BCUT2D eigenvalue weighted by Gasteiger charge is -2.16. The van der Waals surface area contributed by atoms with Gasteiger partial charge in [-0.3, -0.25) is 0 Å². The Morgan fingerprint density at radius 1 is 1.10 bits per heavy atom. The molecule has 21 heavy (non-hydrogen) atoms. The van der Waals surface area contributed by atoms with Gasteiger partial charge in [-0.1, -0.05) is 35.9 Å². The maximum atomic E-state index is 11.5. The van der Waals surface area contributed by atoms with E-state index in [0.29, 0.717) is 11.4 Å². The molecule has 0 amide bonds. The molecule has 2 aromatic carbocycles. The Bertz CT molecular complexity index is 736. The van der Waals surface area contributed by atoms with Crippen molar-refractivity contribution in [2.75, 3.05) is 6.26 Å². The smallest absolute Gasteiger partial charge is 0.175 e. The molecule has 0 aliphatic carbocycles. The third-order valence-corrected chi connectivity index (χ3v) is 4.66. The molecule has 0 N–H and O–H groups in total. The van der Waals surface area contributed by atoms with Crippen LogP contribution in [0, 0.1) is 0 Å². The number of aldehydes is 1. The zero-order valence-corrected chi connectivity index (χ0v) is 13.1. The van der Waals surface area contributed by atoms with Gasteiger partial charge in [0.2, 0.25) is 0 Å². The normalized spacial score (nSPS) is 12.9. The van der Waals surface area contributed by atoms with Crippen LogP contribution in [0.2, 0.25) is 5.02 Å². The van der Waals surface area contributed by atoms with Gasteiger partial charge < -0.3 is 4.79 Å². The molecule has 0 unspecified atom stereocenters. The van der Waals surface area contributed by atoms with E-state index >= 15 is 0 Å². The fourth-order valence-electron chi connectivity index (χ4n) is 2.23. The van der Waals surface area contributed by atoms with E-state index in [1.165, 1.54) is 6.26 Å². The zero-order chi connectivity index (χ0) is 15.5. The molecule has 110 valence electrons. The van der Waals surface area contributed by atoms with Crippen molar-refractivity contribution in [3.05, 3.63) is 64.7 Å². The molecular formula is C16H15ClO3S. The van der Waals surface area contributed by atoms with Crippen molar-refractivity contribution in [1.29, 1.82) is 0 Å². The Hall–Kier alpha value is -1.65. The Kier molecular flexibility index (Phi) is 4.80. The number of halogens is 1. The first-order valence-electron chi connectivity index (χ1n) is 6.41. The summed E-state index contributed by atoms with van der Waals surface area (Å²) in [5.74, 6) is -0.130. The molecule has 0 aliphatic heterocycles. The summed E-state index contributed by atoms with van der Waals surface area (Å²) in [4.78, 5) is 11.2. The predicted molar refractivity (Wildman–Crippen MR) is 83.5 cm³/mol. The Balaban J connectivity index is 2.41. The highest BCUT2D eigenvalue weighted by molar-refractivity contribution is 7.90. The standard InChI is InChI=1S/C16H15ClO3S/c1-21(19,20)15-7-5-12(6-8-15)16(9-10-18)13-3-2-4-14(17)11-13/h2-8,10-11,16H,9H2,1H3/t16-/m1/s1. The first kappa shape index (κ1) is 15.7. The molecule has 0 aliphatic rings. The minimum atomic E-state index is -3.22. The van der Waals surface area contributed by atoms with Crippen molar-refractivity contribution in [2.45, 2.75) is 17.2 Å². The Labute approximate surface area is 129 Å². The Morgan fingerprint density at radius 3 is 2.29 bits per heavy atom. The van der Waals surface area contributed by atoms with E-state index in [1.54, 1.807) is 30.3 Å². The Morgan fingerprint density at radius 2 is 1.76 bits per heavy atom. The molecule has 2 rings (SSSR count). The van der Waals surface area contributed by atoms with Gasteiger partial charge in [0.05, 0.1) is 4.90 Å². The summed E-state index contributed by atoms with van der Waals surface area (Å²) in [6.07, 6.45) is 2.34. The summed E-state index contributed by atoms with van der Waals surface area (Å²) in [5.41, 5.74) is 1.82. The minimum absolute atomic E-state index is 0.130. The number of sulfone groups is 1. The fourth-order valence-corrected chi connectivity index (χ4v) is 3.06. The molecule has 0 saturated carbocycles. The summed E-state index contributed by atoms with van der Waals surface area (Å²) < 4.78 is 23.0. The highest BCUT2D eigenvalue weighted by Crippen LogP contribution is 2.29. The van der Waals surface area contributed by atoms with Gasteiger partial charge in [-0.2, -0.15) is 0 Å². The van der Waals surface area contributed by atoms with Gasteiger partial charge in [-0.05, 0) is 35.4 Å². The summed E-state index contributed by atoms with van der Waals surface area (Å²) in [6.45, 7) is 0. The summed E-state index contributed by atoms with van der Waals surface area (Å²) in [6, 6.07) is 13.9. The van der Waals surface area contributed by atoms with Crippen LogP contribution in [-0.2, 0) is 14.6 Å². The SMILES string of the molecule is CS(=O)(=O)c1ccc([C@@H](CC=O)c2cccc(Cl)c2)cc1. The number of carbonyl (C=O) groups excluding carboxylic acids is 1. The average Bonchev–Trinajstić information content (AvgIpc) is 2.44. The predicted octanol–water partition coefficient (Wildman–Crippen LogP) is 3.46. The molecule has 0 bridgehead atoms. The molecule has 0 radical (unpaired) electrons. The van der Waals surface area contributed by atoms with Gasteiger partial charge in [0.15, 0.2) is 9.84 Å². The van der Waals surface area contributed by atoms with Crippen molar-refractivity contribution in [2.24, 2.45) is 0 Å². The van der Waals surface area contributed by atoms with E-state index in [-0.39, 0.29) is 10.8 Å². The van der Waals surface area contributed by atoms with Gasteiger partial charge in [0.25, 0.3) is 0 Å². The molecule has 0 spiro atoms. The average molecular weight is 323 g/mol. The molecular weight excluding hydrogens is 308 g/mol. The minimum Gasteiger partial charge on any atom is -0.303 e. The van der Waals surface area contributed by atoms with E-state index in [2.05, 4.69) is 0 Å². The topological polar surface area (TPSA) is 51.2 Å². The first-order valence-corrected chi connectivity index (χ1v) is 8.68. The summed E-state index contributed by atoms with van der Waals surface area (Å²) >= 11 is 5.99. The van der Waals surface area contributed by atoms with E-state index in [4.69, 9.17) is 11.6 Å². The van der Waals surface area contributed by atoms with Crippen LogP contribution in [0.1, 0.15) is 23.5 Å². The summed E-state index contributed by atoms with van der Waals surface area (Å²) in [7, 11) is -3.22. The van der Waals surface area contributed by atoms with Crippen molar-refractivity contribution < 1.29 is 13.2 Å². The van der Waals surface area contributed by atoms with Crippen LogP contribution in [-0.4, -0.2) is 21.0 Å². The molecule has 5 heteroatoms. The first-order chi connectivity index (χ1) is 9.91. The molecule has 0 heterocycles. The second-order valence-electron chi connectivity index (χ2n) is 4.85. The van der Waals surface area contributed by atoms with Crippen LogP contribution in [0.4, 0.5) is 0 Å². The third kappa shape index (κ3) is 3.93. The van der Waals surface area contributed by atoms with Gasteiger partial charge >= 0.3 is 0 Å². The highest BCUT2D eigenvalue weighted by Gasteiger charge is 2.15. The van der Waals surface area contributed by atoms with Gasteiger partial charge in [-0.15, -0.1) is 0 Å². The second-order valence-corrected chi connectivity index (χ2v) is 7.30. The number of hydrogen-bond donors (Lipinski definition) is 0. The highest BCUT2D eigenvalue weighted by atomic mass is 35.5. The molecule has 1 atom stereocenters. The zero-order valence-electron chi connectivity index (χ0n) is 11.5. The van der Waals surface area contributed by atoms with Gasteiger partial charge in [-0.25, -0.2) is 8.42 Å². The molecule has 3 nitrogen and oxygen atoms in total. The maximum Gasteiger partial charge on any atom is 0.175 e. The largest absolute Gasteiger partial charge is 0.303 e. The maximum absolute atomic E-state index is 11.5. The summed E-state index contributed by atoms with van der Waals surface area (Å²) in [5, 5.41) is 0.608. The van der Waals surface area contributed by atoms with Crippen LogP contribution >= 0.6 is 11.6 Å². The van der Waals surface area contributed by atoms with Crippen molar-refractivity contribution in [3.8, 4) is 0 Å². The number of benzene rings is 2. The van der Waals surface area contributed by atoms with Gasteiger partial charge in [0.1, 0.15) is 6.29 Å². The lowest BCUT2D eigenvalue weighted by atomic mass is 9.89. The monoisotopic (exact) mass is 322 g/mol. The van der Waals surface area contributed by atoms with Crippen LogP contribution in [0.5, 0.6) is 0 Å². The van der Waals surface area contributed by atoms with Crippen molar-refractivity contribution in [1.82, 2.24) is 0 Å². The fraction of sp³-hybridized carbons (Fsp3) is 0.188. The number of rotatable bonds is 5. The van der Waals surface area contributed by atoms with E-state index in [9.17, 15) is 13.2 Å². The third-order valence-electron chi connectivity index (χ3n) is 3.29. The van der Waals surface area contributed by atoms with Crippen LogP contribution < -0.4 is 0 Å².